The van der Waals surface area contributed by atoms with E-state index in [0.29, 0.717) is 25.1 Å². The Balaban J connectivity index is 2.39. The van der Waals surface area contributed by atoms with Gasteiger partial charge in [0, 0.05) is 19.2 Å². The maximum Gasteiger partial charge on any atom is 0.387 e. The van der Waals surface area contributed by atoms with Crippen LogP contribution in [0.5, 0.6) is 5.75 Å². The molecule has 1 amide bonds. The number of alkyl halides is 3. The summed E-state index contributed by atoms with van der Waals surface area (Å²) in [5.74, 6) is -0.285. The van der Waals surface area contributed by atoms with Gasteiger partial charge in [-0.15, -0.1) is 11.6 Å². The van der Waals surface area contributed by atoms with Gasteiger partial charge in [-0.1, -0.05) is 0 Å². The SMILES string of the molecule is COCC(Cl)CCNC(=O)c1ccc(OC(F)F)cc1. The number of hydrogen-bond donors (Lipinski definition) is 1. The molecule has 0 fully saturated rings. The fourth-order valence-corrected chi connectivity index (χ4v) is 1.73. The van der Waals surface area contributed by atoms with Crippen molar-refractivity contribution >= 4 is 17.5 Å². The van der Waals surface area contributed by atoms with E-state index in [-0.39, 0.29) is 17.0 Å². The number of methoxy groups -OCH3 is 1. The minimum Gasteiger partial charge on any atom is -0.435 e. The maximum atomic E-state index is 12.0. The quantitative estimate of drug-likeness (QED) is 0.751. The van der Waals surface area contributed by atoms with Crippen LogP contribution < -0.4 is 10.1 Å². The number of nitrogens with one attached hydrogen (secondary N) is 1. The molecule has 0 aromatic heterocycles. The smallest absolute Gasteiger partial charge is 0.387 e. The van der Waals surface area contributed by atoms with Gasteiger partial charge in [0.25, 0.3) is 5.91 Å². The molecule has 0 radical (unpaired) electrons. The molecule has 1 rings (SSSR count). The zero-order valence-electron chi connectivity index (χ0n) is 10.9. The molecule has 1 N–H and O–H groups in total. The molecular formula is C13H16ClF2NO3. The first kappa shape index (κ1) is 16.7. The van der Waals surface area contributed by atoms with Crippen molar-refractivity contribution in [1.82, 2.24) is 5.32 Å². The molecule has 7 heteroatoms. The highest BCUT2D eigenvalue weighted by atomic mass is 35.5. The van der Waals surface area contributed by atoms with Crippen molar-refractivity contribution in [3.05, 3.63) is 29.8 Å². The van der Waals surface area contributed by atoms with Crippen LogP contribution in [0.25, 0.3) is 0 Å². The van der Waals surface area contributed by atoms with Gasteiger partial charge in [0.15, 0.2) is 0 Å². The monoisotopic (exact) mass is 307 g/mol. The van der Waals surface area contributed by atoms with Crippen LogP contribution in [-0.2, 0) is 4.74 Å². The lowest BCUT2D eigenvalue weighted by atomic mass is 10.2. The van der Waals surface area contributed by atoms with E-state index >= 15 is 0 Å². The summed E-state index contributed by atoms with van der Waals surface area (Å²) in [6, 6.07) is 5.47. The largest absolute Gasteiger partial charge is 0.435 e. The number of hydrogen-bond acceptors (Lipinski definition) is 3. The number of carbonyl (C=O) groups excluding carboxylic acids is 1. The zero-order valence-corrected chi connectivity index (χ0v) is 11.7. The average Bonchev–Trinajstić information content (AvgIpc) is 2.39. The first-order chi connectivity index (χ1) is 9.52. The van der Waals surface area contributed by atoms with Crippen LogP contribution in [-0.4, -0.2) is 38.2 Å². The second kappa shape index (κ2) is 8.71. The van der Waals surface area contributed by atoms with Crippen molar-refractivity contribution in [3.8, 4) is 5.75 Å². The van der Waals surface area contributed by atoms with E-state index in [1.165, 1.54) is 24.3 Å². The number of halogens is 3. The Bertz CT molecular complexity index is 415. The molecule has 0 saturated heterocycles. The summed E-state index contributed by atoms with van der Waals surface area (Å²) < 4.78 is 33.0. The molecule has 0 aliphatic heterocycles. The van der Waals surface area contributed by atoms with Crippen LogP contribution >= 0.6 is 11.6 Å². The predicted octanol–water partition coefficient (Wildman–Crippen LogP) is 2.66. The Morgan fingerprint density at radius 2 is 2.00 bits per heavy atom. The van der Waals surface area contributed by atoms with Crippen molar-refractivity contribution < 1.29 is 23.0 Å². The van der Waals surface area contributed by atoms with Gasteiger partial charge >= 0.3 is 6.61 Å². The van der Waals surface area contributed by atoms with Crippen molar-refractivity contribution in [2.45, 2.75) is 18.4 Å². The first-order valence-electron chi connectivity index (χ1n) is 5.99. The van der Waals surface area contributed by atoms with E-state index in [2.05, 4.69) is 10.1 Å². The zero-order chi connectivity index (χ0) is 15.0. The summed E-state index contributed by atoms with van der Waals surface area (Å²) in [7, 11) is 1.55. The van der Waals surface area contributed by atoms with Gasteiger partial charge in [0.2, 0.25) is 0 Å². The van der Waals surface area contributed by atoms with Gasteiger partial charge in [0.05, 0.1) is 12.0 Å². The third-order valence-electron chi connectivity index (χ3n) is 2.43. The molecule has 112 valence electrons. The number of amides is 1. The standard InChI is InChI=1S/C13H16ClF2NO3/c1-19-8-10(14)6-7-17-12(18)9-2-4-11(5-3-9)20-13(15)16/h2-5,10,13H,6-8H2,1H3,(H,17,18). The fourth-order valence-electron chi connectivity index (χ4n) is 1.50. The summed E-state index contributed by atoms with van der Waals surface area (Å²) in [5, 5.41) is 2.52. The predicted molar refractivity (Wildman–Crippen MR) is 71.5 cm³/mol. The molecule has 0 spiro atoms. The minimum atomic E-state index is -2.88. The van der Waals surface area contributed by atoms with Crippen molar-refractivity contribution in [2.75, 3.05) is 20.3 Å². The van der Waals surface area contributed by atoms with Crippen LogP contribution in [0.2, 0.25) is 0 Å². The normalized spacial score (nSPS) is 12.2. The van der Waals surface area contributed by atoms with Crippen molar-refractivity contribution in [1.29, 1.82) is 0 Å². The summed E-state index contributed by atoms with van der Waals surface area (Å²) in [6.45, 7) is -2.06. The van der Waals surface area contributed by atoms with Gasteiger partial charge < -0.3 is 14.8 Å². The van der Waals surface area contributed by atoms with E-state index in [1.807, 2.05) is 0 Å². The highest BCUT2D eigenvalue weighted by Crippen LogP contribution is 2.14. The molecule has 0 aliphatic rings. The third kappa shape index (κ3) is 6.16. The Hall–Kier alpha value is -1.40. The molecule has 0 heterocycles. The van der Waals surface area contributed by atoms with Crippen molar-refractivity contribution in [2.24, 2.45) is 0 Å². The first-order valence-corrected chi connectivity index (χ1v) is 6.42. The van der Waals surface area contributed by atoms with E-state index < -0.39 is 6.61 Å². The highest BCUT2D eigenvalue weighted by molar-refractivity contribution is 6.20. The van der Waals surface area contributed by atoms with E-state index in [9.17, 15) is 13.6 Å². The van der Waals surface area contributed by atoms with Crippen molar-refractivity contribution in [3.63, 3.8) is 0 Å². The Morgan fingerprint density at radius 3 is 2.55 bits per heavy atom. The van der Waals surface area contributed by atoms with Crippen LogP contribution in [0.3, 0.4) is 0 Å². The average molecular weight is 308 g/mol. The van der Waals surface area contributed by atoms with Gasteiger partial charge in [-0.3, -0.25) is 4.79 Å². The lowest BCUT2D eigenvalue weighted by Crippen LogP contribution is -2.27. The molecule has 0 bridgehead atoms. The molecule has 1 aromatic carbocycles. The summed E-state index contributed by atoms with van der Waals surface area (Å²) >= 11 is 5.92. The van der Waals surface area contributed by atoms with Gasteiger partial charge in [-0.2, -0.15) is 8.78 Å². The lowest BCUT2D eigenvalue weighted by molar-refractivity contribution is -0.0498. The Morgan fingerprint density at radius 1 is 1.35 bits per heavy atom. The van der Waals surface area contributed by atoms with Crippen LogP contribution in [0.1, 0.15) is 16.8 Å². The van der Waals surface area contributed by atoms with E-state index in [1.54, 1.807) is 7.11 Å². The molecule has 4 nitrogen and oxygen atoms in total. The summed E-state index contributed by atoms with van der Waals surface area (Å²) in [5.41, 5.74) is 0.365. The molecule has 20 heavy (non-hydrogen) atoms. The fraction of sp³-hybridized carbons (Fsp3) is 0.462. The maximum absolute atomic E-state index is 12.0. The number of carbonyl (C=O) groups is 1. The third-order valence-corrected chi connectivity index (χ3v) is 2.78. The topological polar surface area (TPSA) is 47.6 Å². The summed E-state index contributed by atoms with van der Waals surface area (Å²) in [6.07, 6.45) is 0.577. The van der Waals surface area contributed by atoms with Gasteiger partial charge in [-0.25, -0.2) is 0 Å². The second-order valence-corrected chi connectivity index (χ2v) is 4.62. The van der Waals surface area contributed by atoms with Crippen LogP contribution in [0.15, 0.2) is 24.3 Å². The number of rotatable bonds is 8. The summed E-state index contributed by atoms with van der Waals surface area (Å²) in [4.78, 5) is 11.7. The highest BCUT2D eigenvalue weighted by Gasteiger charge is 2.09. The van der Waals surface area contributed by atoms with Crippen LogP contribution in [0.4, 0.5) is 8.78 Å². The Kier molecular flexibility index (Phi) is 7.25. The number of benzene rings is 1. The lowest BCUT2D eigenvalue weighted by Gasteiger charge is -2.09. The second-order valence-electron chi connectivity index (χ2n) is 4.00. The van der Waals surface area contributed by atoms with Gasteiger partial charge in [-0.05, 0) is 30.7 Å². The van der Waals surface area contributed by atoms with Crippen LogP contribution in [0, 0.1) is 0 Å². The molecule has 0 aliphatic carbocycles. The van der Waals surface area contributed by atoms with Gasteiger partial charge in [0.1, 0.15) is 5.75 Å². The minimum absolute atomic E-state index is 0.0115. The Labute approximate surface area is 121 Å². The van der Waals surface area contributed by atoms with E-state index in [4.69, 9.17) is 16.3 Å². The molecule has 1 unspecified atom stereocenters. The van der Waals surface area contributed by atoms with E-state index in [0.717, 1.165) is 0 Å². The molecule has 1 atom stereocenters. The molecule has 0 saturated carbocycles. The molecule has 1 aromatic rings. The number of ether oxygens (including phenoxy) is 2. The molecular weight excluding hydrogens is 292 g/mol.